The van der Waals surface area contributed by atoms with Crippen LogP contribution in [0.4, 0.5) is 5.69 Å². The Labute approximate surface area is 96.2 Å². The third kappa shape index (κ3) is 2.12. The summed E-state index contributed by atoms with van der Waals surface area (Å²) < 4.78 is 0. The number of rotatable bonds is 2. The molecule has 0 atom stereocenters. The summed E-state index contributed by atoms with van der Waals surface area (Å²) >= 11 is 0. The molecular weight excluding hydrogens is 194 g/mol. The van der Waals surface area contributed by atoms with Gasteiger partial charge in [0, 0.05) is 0 Å². The molecule has 0 aliphatic carbocycles. The summed E-state index contributed by atoms with van der Waals surface area (Å²) in [5, 5.41) is 0. The molecule has 2 aromatic rings. The molecule has 0 unspecified atom stereocenters. The van der Waals surface area contributed by atoms with Gasteiger partial charge in [0.05, 0.1) is 6.57 Å². The number of hydrogen-bond acceptors (Lipinski definition) is 0. The van der Waals surface area contributed by atoms with E-state index in [4.69, 9.17) is 6.57 Å². The summed E-state index contributed by atoms with van der Waals surface area (Å²) in [5.41, 5.74) is 4.42. The Kier molecular flexibility index (Phi) is 3.03. The number of hydrogen-bond donors (Lipinski definition) is 0. The molecule has 1 nitrogen and oxygen atoms in total. The van der Waals surface area contributed by atoms with Crippen molar-refractivity contribution in [2.45, 2.75) is 13.3 Å². The van der Waals surface area contributed by atoms with Gasteiger partial charge in [0.2, 0.25) is 0 Å². The second-order valence-electron chi connectivity index (χ2n) is 3.71. The van der Waals surface area contributed by atoms with Crippen molar-refractivity contribution < 1.29 is 0 Å². The van der Waals surface area contributed by atoms with Crippen molar-refractivity contribution in [3.8, 4) is 11.1 Å². The first-order chi connectivity index (χ1) is 7.83. The van der Waals surface area contributed by atoms with Crippen LogP contribution < -0.4 is 0 Å². The van der Waals surface area contributed by atoms with Crippen LogP contribution in [0.3, 0.4) is 0 Å². The molecule has 0 saturated carbocycles. The van der Waals surface area contributed by atoms with Crippen molar-refractivity contribution in [3.63, 3.8) is 0 Å². The molecule has 0 aromatic heterocycles. The van der Waals surface area contributed by atoms with E-state index >= 15 is 0 Å². The van der Waals surface area contributed by atoms with Gasteiger partial charge >= 0.3 is 0 Å². The zero-order valence-electron chi connectivity index (χ0n) is 9.27. The van der Waals surface area contributed by atoms with Crippen molar-refractivity contribution >= 4 is 5.69 Å². The van der Waals surface area contributed by atoms with E-state index < -0.39 is 0 Å². The van der Waals surface area contributed by atoms with Gasteiger partial charge in [0.15, 0.2) is 5.69 Å². The van der Waals surface area contributed by atoms with Crippen LogP contribution >= 0.6 is 0 Å². The average molecular weight is 207 g/mol. The van der Waals surface area contributed by atoms with Crippen LogP contribution in [0.2, 0.25) is 0 Å². The lowest BCUT2D eigenvalue weighted by molar-refractivity contribution is 1.14. The van der Waals surface area contributed by atoms with Crippen molar-refractivity contribution in [2.75, 3.05) is 0 Å². The van der Waals surface area contributed by atoms with Gasteiger partial charge in [0.1, 0.15) is 0 Å². The average Bonchev–Trinajstić information content (AvgIpc) is 2.39. The number of nitrogens with zero attached hydrogens (tertiary/aromatic N) is 1. The van der Waals surface area contributed by atoms with E-state index in [1.165, 1.54) is 16.7 Å². The monoisotopic (exact) mass is 207 g/mol. The lowest BCUT2D eigenvalue weighted by Gasteiger charge is -2.04. The van der Waals surface area contributed by atoms with Crippen LogP contribution in [-0.4, -0.2) is 0 Å². The third-order valence-corrected chi connectivity index (χ3v) is 2.66. The molecule has 0 aliphatic heterocycles. The molecule has 0 saturated heterocycles. The Hall–Kier alpha value is -2.07. The normalized spacial score (nSPS) is 9.75. The van der Waals surface area contributed by atoms with E-state index in [9.17, 15) is 0 Å². The summed E-state index contributed by atoms with van der Waals surface area (Å²) in [4.78, 5) is 3.39. The van der Waals surface area contributed by atoms with Gasteiger partial charge in [0.25, 0.3) is 0 Å². The standard InChI is InChI=1S/C15H13N/c1-3-12-5-4-6-14(11-12)13-7-9-15(16-2)10-8-13/h4-11H,3H2,1H3. The first-order valence-corrected chi connectivity index (χ1v) is 5.40. The van der Waals surface area contributed by atoms with Crippen LogP contribution in [0.5, 0.6) is 0 Å². The molecule has 16 heavy (non-hydrogen) atoms. The van der Waals surface area contributed by atoms with Crippen molar-refractivity contribution in [3.05, 3.63) is 65.5 Å². The maximum Gasteiger partial charge on any atom is 0.187 e. The SMILES string of the molecule is [C-]#[N+]c1ccc(-c2cccc(CC)c2)cc1. The van der Waals surface area contributed by atoms with Crippen LogP contribution in [0.1, 0.15) is 12.5 Å². The zero-order chi connectivity index (χ0) is 11.4. The summed E-state index contributed by atoms with van der Waals surface area (Å²) in [6.07, 6.45) is 1.05. The number of aryl methyl sites for hydroxylation is 1. The molecule has 0 heterocycles. The first-order valence-electron chi connectivity index (χ1n) is 5.40. The van der Waals surface area contributed by atoms with Crippen LogP contribution in [0.25, 0.3) is 16.0 Å². The first kappa shape index (κ1) is 10.4. The largest absolute Gasteiger partial charge is 0.238 e. The summed E-state index contributed by atoms with van der Waals surface area (Å²) in [6.45, 7) is 9.06. The molecule has 0 bridgehead atoms. The van der Waals surface area contributed by atoms with Gasteiger partial charge in [-0.05, 0) is 23.1 Å². The van der Waals surface area contributed by atoms with E-state index in [0.717, 1.165) is 6.42 Å². The van der Waals surface area contributed by atoms with Gasteiger partial charge in [-0.1, -0.05) is 55.5 Å². The quantitative estimate of drug-likeness (QED) is 0.640. The van der Waals surface area contributed by atoms with E-state index in [-0.39, 0.29) is 0 Å². The second-order valence-corrected chi connectivity index (χ2v) is 3.71. The zero-order valence-corrected chi connectivity index (χ0v) is 9.27. The fourth-order valence-corrected chi connectivity index (χ4v) is 1.70. The predicted octanol–water partition coefficient (Wildman–Crippen LogP) is 4.47. The second kappa shape index (κ2) is 4.63. The fraction of sp³-hybridized carbons (Fsp3) is 0.133. The molecule has 0 fully saturated rings. The minimum atomic E-state index is 0.690. The van der Waals surface area contributed by atoms with Gasteiger partial charge < -0.3 is 0 Å². The Bertz CT molecular complexity index is 518. The molecule has 2 aromatic carbocycles. The molecule has 0 radical (unpaired) electrons. The highest BCUT2D eigenvalue weighted by atomic mass is 14.6. The summed E-state index contributed by atoms with van der Waals surface area (Å²) in [5.74, 6) is 0. The third-order valence-electron chi connectivity index (χ3n) is 2.66. The summed E-state index contributed by atoms with van der Waals surface area (Å²) in [7, 11) is 0. The van der Waals surface area contributed by atoms with Crippen LogP contribution in [0, 0.1) is 6.57 Å². The highest BCUT2D eigenvalue weighted by molar-refractivity contribution is 5.66. The molecular formula is C15H13N. The predicted molar refractivity (Wildman–Crippen MR) is 67.5 cm³/mol. The Morgan fingerprint density at radius 1 is 1.00 bits per heavy atom. The molecule has 0 amide bonds. The Balaban J connectivity index is 2.39. The fourth-order valence-electron chi connectivity index (χ4n) is 1.70. The van der Waals surface area contributed by atoms with E-state index in [0.29, 0.717) is 5.69 Å². The van der Waals surface area contributed by atoms with E-state index in [1.54, 1.807) is 0 Å². The molecule has 1 heteroatoms. The van der Waals surface area contributed by atoms with Gasteiger partial charge in [-0.25, -0.2) is 4.85 Å². The van der Waals surface area contributed by atoms with Gasteiger partial charge in [-0.15, -0.1) is 0 Å². The smallest absolute Gasteiger partial charge is 0.187 e. The Morgan fingerprint density at radius 2 is 1.75 bits per heavy atom. The molecule has 78 valence electrons. The van der Waals surface area contributed by atoms with Crippen molar-refractivity contribution in [1.29, 1.82) is 0 Å². The van der Waals surface area contributed by atoms with Gasteiger partial charge in [-0.2, -0.15) is 0 Å². The summed E-state index contributed by atoms with van der Waals surface area (Å²) in [6, 6.07) is 16.2. The molecule has 0 N–H and O–H groups in total. The topological polar surface area (TPSA) is 4.36 Å². The highest BCUT2D eigenvalue weighted by Gasteiger charge is 1.98. The number of benzene rings is 2. The highest BCUT2D eigenvalue weighted by Crippen LogP contribution is 2.23. The van der Waals surface area contributed by atoms with Gasteiger partial charge in [-0.3, -0.25) is 0 Å². The van der Waals surface area contributed by atoms with Crippen LogP contribution in [0.15, 0.2) is 48.5 Å². The minimum absolute atomic E-state index is 0.690. The van der Waals surface area contributed by atoms with E-state index in [2.05, 4.69) is 36.0 Å². The Morgan fingerprint density at radius 3 is 2.38 bits per heavy atom. The molecule has 2 rings (SSSR count). The lowest BCUT2D eigenvalue weighted by atomic mass is 10.0. The molecule has 0 aliphatic rings. The lowest BCUT2D eigenvalue weighted by Crippen LogP contribution is -1.82. The van der Waals surface area contributed by atoms with Crippen molar-refractivity contribution in [2.24, 2.45) is 0 Å². The minimum Gasteiger partial charge on any atom is -0.238 e. The molecule has 0 spiro atoms. The van der Waals surface area contributed by atoms with Crippen molar-refractivity contribution in [1.82, 2.24) is 0 Å². The maximum atomic E-state index is 6.91. The van der Waals surface area contributed by atoms with Crippen LogP contribution in [-0.2, 0) is 6.42 Å². The maximum absolute atomic E-state index is 6.91. The van der Waals surface area contributed by atoms with E-state index in [1.807, 2.05) is 24.3 Å².